The number of nitrogens with zero attached hydrogens (tertiary/aromatic N) is 1. The largest absolute Gasteiger partial charge is 0.300 e. The Morgan fingerprint density at radius 2 is 1.29 bits per heavy atom. The Labute approximate surface area is 107 Å². The standard InChI is InChI=1S/C15H28N2/c1-2-17-15(14-16)12-10-8-6-4-3-5-7-9-11-13-15/h17H,2-13H2,1H3. The van der Waals surface area contributed by atoms with Gasteiger partial charge in [-0.15, -0.1) is 0 Å². The number of nitrogens with one attached hydrogen (secondary N) is 1. The maximum Gasteiger partial charge on any atom is 0.106 e. The molecule has 0 unspecified atom stereocenters. The Balaban J connectivity index is 2.49. The second-order valence-electron chi connectivity index (χ2n) is 5.41. The fourth-order valence-corrected chi connectivity index (χ4v) is 2.88. The first-order valence-electron chi connectivity index (χ1n) is 7.49. The van der Waals surface area contributed by atoms with E-state index in [0.717, 1.165) is 19.4 Å². The molecule has 0 aliphatic heterocycles. The van der Waals surface area contributed by atoms with Crippen LogP contribution in [0, 0.1) is 11.3 Å². The minimum Gasteiger partial charge on any atom is -0.300 e. The molecule has 0 atom stereocenters. The van der Waals surface area contributed by atoms with Crippen LogP contribution in [0.15, 0.2) is 0 Å². The van der Waals surface area contributed by atoms with Crippen molar-refractivity contribution < 1.29 is 0 Å². The maximum atomic E-state index is 9.46. The Kier molecular flexibility index (Phi) is 7.28. The van der Waals surface area contributed by atoms with Gasteiger partial charge in [-0.2, -0.15) is 5.26 Å². The van der Waals surface area contributed by atoms with Gasteiger partial charge < -0.3 is 0 Å². The normalized spacial score (nSPS) is 23.1. The maximum absolute atomic E-state index is 9.46. The van der Waals surface area contributed by atoms with Crippen LogP contribution in [0.4, 0.5) is 0 Å². The van der Waals surface area contributed by atoms with Gasteiger partial charge in [0.05, 0.1) is 6.07 Å². The van der Waals surface area contributed by atoms with E-state index < -0.39 is 0 Å². The fraction of sp³-hybridized carbons (Fsp3) is 0.933. The highest BCUT2D eigenvalue weighted by Crippen LogP contribution is 2.24. The molecule has 2 nitrogen and oxygen atoms in total. The van der Waals surface area contributed by atoms with Gasteiger partial charge in [0.1, 0.15) is 5.54 Å². The summed E-state index contributed by atoms with van der Waals surface area (Å²) in [6.45, 7) is 3.02. The van der Waals surface area contributed by atoms with E-state index in [1.807, 2.05) is 0 Å². The Bertz CT molecular complexity index is 218. The fourth-order valence-electron chi connectivity index (χ4n) is 2.88. The third kappa shape index (κ3) is 5.55. The summed E-state index contributed by atoms with van der Waals surface area (Å²) in [6, 6.07) is 2.56. The van der Waals surface area contributed by atoms with Gasteiger partial charge in [-0.05, 0) is 19.4 Å². The lowest BCUT2D eigenvalue weighted by atomic mass is 9.86. The zero-order valence-corrected chi connectivity index (χ0v) is 11.4. The summed E-state index contributed by atoms with van der Waals surface area (Å²) in [5.41, 5.74) is -0.228. The van der Waals surface area contributed by atoms with Crippen LogP contribution in [-0.4, -0.2) is 12.1 Å². The molecular weight excluding hydrogens is 208 g/mol. The number of rotatable bonds is 2. The van der Waals surface area contributed by atoms with E-state index in [4.69, 9.17) is 0 Å². The summed E-state index contributed by atoms with van der Waals surface area (Å²) in [5, 5.41) is 12.9. The molecule has 1 saturated carbocycles. The zero-order chi connectivity index (χ0) is 12.4. The lowest BCUT2D eigenvalue weighted by Crippen LogP contribution is -2.43. The smallest absolute Gasteiger partial charge is 0.106 e. The van der Waals surface area contributed by atoms with Crippen molar-refractivity contribution in [3.63, 3.8) is 0 Å². The lowest BCUT2D eigenvalue weighted by Gasteiger charge is -2.28. The van der Waals surface area contributed by atoms with Crippen molar-refractivity contribution in [1.82, 2.24) is 5.32 Å². The van der Waals surface area contributed by atoms with Gasteiger partial charge in [0.25, 0.3) is 0 Å². The molecule has 1 aliphatic rings. The van der Waals surface area contributed by atoms with Crippen molar-refractivity contribution in [2.75, 3.05) is 6.54 Å². The van der Waals surface area contributed by atoms with E-state index in [9.17, 15) is 5.26 Å². The van der Waals surface area contributed by atoms with E-state index in [2.05, 4.69) is 18.3 Å². The van der Waals surface area contributed by atoms with Crippen LogP contribution in [0.1, 0.15) is 77.6 Å². The van der Waals surface area contributed by atoms with Crippen molar-refractivity contribution in [2.45, 2.75) is 83.1 Å². The third-order valence-corrected chi connectivity index (χ3v) is 3.94. The van der Waals surface area contributed by atoms with Crippen LogP contribution in [-0.2, 0) is 0 Å². The zero-order valence-electron chi connectivity index (χ0n) is 11.4. The van der Waals surface area contributed by atoms with E-state index in [1.54, 1.807) is 0 Å². The molecule has 0 radical (unpaired) electrons. The van der Waals surface area contributed by atoms with Crippen LogP contribution in [0.5, 0.6) is 0 Å². The second kappa shape index (κ2) is 8.53. The highest BCUT2D eigenvalue weighted by Gasteiger charge is 2.27. The lowest BCUT2D eigenvalue weighted by molar-refractivity contribution is 0.335. The van der Waals surface area contributed by atoms with Crippen molar-refractivity contribution in [2.24, 2.45) is 0 Å². The van der Waals surface area contributed by atoms with E-state index in [1.165, 1.54) is 57.8 Å². The molecule has 0 aromatic rings. The molecule has 98 valence electrons. The molecule has 17 heavy (non-hydrogen) atoms. The van der Waals surface area contributed by atoms with Gasteiger partial charge in [0.15, 0.2) is 0 Å². The quantitative estimate of drug-likeness (QED) is 0.781. The Hall–Kier alpha value is -0.550. The van der Waals surface area contributed by atoms with Crippen molar-refractivity contribution >= 4 is 0 Å². The SMILES string of the molecule is CCNC1(C#N)CCCCCCCCCCC1. The molecule has 1 fully saturated rings. The molecule has 0 heterocycles. The van der Waals surface area contributed by atoms with E-state index in [-0.39, 0.29) is 5.54 Å². The molecule has 1 N–H and O–H groups in total. The molecule has 0 amide bonds. The summed E-state index contributed by atoms with van der Waals surface area (Å²) in [6.07, 6.45) is 14.0. The number of hydrogen-bond donors (Lipinski definition) is 1. The van der Waals surface area contributed by atoms with Crippen LogP contribution in [0.25, 0.3) is 0 Å². The third-order valence-electron chi connectivity index (χ3n) is 3.94. The average molecular weight is 236 g/mol. The van der Waals surface area contributed by atoms with Crippen molar-refractivity contribution in [3.05, 3.63) is 0 Å². The summed E-state index contributed by atoms with van der Waals surface area (Å²) in [4.78, 5) is 0. The highest BCUT2D eigenvalue weighted by molar-refractivity contribution is 5.06. The number of hydrogen-bond acceptors (Lipinski definition) is 2. The second-order valence-corrected chi connectivity index (χ2v) is 5.41. The van der Waals surface area contributed by atoms with Crippen LogP contribution in [0.2, 0.25) is 0 Å². The first-order valence-corrected chi connectivity index (χ1v) is 7.49. The van der Waals surface area contributed by atoms with E-state index >= 15 is 0 Å². The Morgan fingerprint density at radius 1 is 0.882 bits per heavy atom. The first-order chi connectivity index (χ1) is 8.33. The van der Waals surface area contributed by atoms with Crippen LogP contribution >= 0.6 is 0 Å². The monoisotopic (exact) mass is 236 g/mol. The van der Waals surface area contributed by atoms with Crippen molar-refractivity contribution in [1.29, 1.82) is 5.26 Å². The van der Waals surface area contributed by atoms with Gasteiger partial charge in [-0.25, -0.2) is 0 Å². The minimum atomic E-state index is -0.228. The van der Waals surface area contributed by atoms with Gasteiger partial charge in [0.2, 0.25) is 0 Å². The molecule has 0 aromatic carbocycles. The summed E-state index contributed by atoms with van der Waals surface area (Å²) in [7, 11) is 0. The first kappa shape index (κ1) is 14.5. The number of nitriles is 1. The van der Waals surface area contributed by atoms with E-state index in [0.29, 0.717) is 0 Å². The summed E-state index contributed by atoms with van der Waals surface area (Å²) >= 11 is 0. The molecule has 0 aromatic heterocycles. The molecule has 1 aliphatic carbocycles. The summed E-state index contributed by atoms with van der Waals surface area (Å²) in [5.74, 6) is 0. The molecular formula is C15H28N2. The predicted octanol–water partition coefficient (Wildman–Crippen LogP) is 4.16. The van der Waals surface area contributed by atoms with Crippen molar-refractivity contribution in [3.8, 4) is 6.07 Å². The highest BCUT2D eigenvalue weighted by atomic mass is 15.0. The van der Waals surface area contributed by atoms with Crippen LogP contribution in [0.3, 0.4) is 0 Å². The van der Waals surface area contributed by atoms with Gasteiger partial charge in [0, 0.05) is 0 Å². The van der Waals surface area contributed by atoms with Gasteiger partial charge in [-0.1, -0.05) is 64.7 Å². The Morgan fingerprint density at radius 3 is 1.65 bits per heavy atom. The predicted molar refractivity (Wildman–Crippen MR) is 72.8 cm³/mol. The molecule has 0 saturated heterocycles. The molecule has 1 rings (SSSR count). The van der Waals surface area contributed by atoms with Gasteiger partial charge in [-0.3, -0.25) is 5.32 Å². The molecule has 2 heteroatoms. The average Bonchev–Trinajstić information content (AvgIpc) is 2.33. The van der Waals surface area contributed by atoms with Crippen LogP contribution < -0.4 is 5.32 Å². The molecule has 0 bridgehead atoms. The minimum absolute atomic E-state index is 0.228. The summed E-state index contributed by atoms with van der Waals surface area (Å²) < 4.78 is 0. The van der Waals surface area contributed by atoms with Gasteiger partial charge >= 0.3 is 0 Å². The molecule has 0 spiro atoms. The topological polar surface area (TPSA) is 35.8 Å².